The molecule has 4 atom stereocenters. The molecule has 4 heteroatoms. The van der Waals surface area contributed by atoms with Gasteiger partial charge in [-0.1, -0.05) is 12.8 Å². The average Bonchev–Trinajstić information content (AvgIpc) is 2.91. The summed E-state index contributed by atoms with van der Waals surface area (Å²) >= 11 is 0. The van der Waals surface area contributed by atoms with Gasteiger partial charge in [0.2, 0.25) is 5.91 Å². The first-order valence-corrected chi connectivity index (χ1v) is 8.36. The highest BCUT2D eigenvalue weighted by Crippen LogP contribution is 2.33. The molecule has 0 aromatic carbocycles. The number of likely N-dealkylation sites (N-methyl/N-ethyl adjacent to an activating group) is 1. The van der Waals surface area contributed by atoms with Crippen molar-refractivity contribution in [3.05, 3.63) is 0 Å². The fourth-order valence-electron chi connectivity index (χ4n) is 4.12. The zero-order valence-electron chi connectivity index (χ0n) is 12.6. The Labute approximate surface area is 122 Å². The van der Waals surface area contributed by atoms with Crippen LogP contribution in [0.3, 0.4) is 0 Å². The molecule has 3 rings (SSSR count). The number of carbonyl (C=O) groups excluding carboxylic acids is 1. The third-order valence-electron chi connectivity index (χ3n) is 5.29. The van der Waals surface area contributed by atoms with E-state index in [0.29, 0.717) is 6.04 Å². The van der Waals surface area contributed by atoms with E-state index in [1.165, 1.54) is 38.5 Å². The van der Waals surface area contributed by atoms with Crippen molar-refractivity contribution in [3.8, 4) is 0 Å². The van der Waals surface area contributed by atoms with Crippen LogP contribution in [0.25, 0.3) is 0 Å². The minimum atomic E-state index is 0.0525. The van der Waals surface area contributed by atoms with Crippen molar-refractivity contribution in [3.63, 3.8) is 0 Å². The van der Waals surface area contributed by atoms with E-state index in [1.807, 2.05) is 11.9 Å². The molecule has 20 heavy (non-hydrogen) atoms. The first-order valence-electron chi connectivity index (χ1n) is 8.36. The fraction of sp³-hybridized carbons (Fsp3) is 0.938. The molecular formula is C16H28N2O2. The number of amides is 1. The first kappa shape index (κ1) is 14.3. The van der Waals surface area contributed by atoms with E-state index in [1.54, 1.807) is 0 Å². The maximum atomic E-state index is 12.6. The Kier molecular flexibility index (Phi) is 4.61. The summed E-state index contributed by atoms with van der Waals surface area (Å²) in [4.78, 5) is 14.5. The summed E-state index contributed by atoms with van der Waals surface area (Å²) in [5.41, 5.74) is 0. The summed E-state index contributed by atoms with van der Waals surface area (Å²) in [6.45, 7) is 1.62. The number of hydrogen-bond acceptors (Lipinski definition) is 3. The summed E-state index contributed by atoms with van der Waals surface area (Å²) in [5.74, 6) is 1.01. The predicted octanol–water partition coefficient (Wildman–Crippen LogP) is 1.93. The van der Waals surface area contributed by atoms with Gasteiger partial charge in [-0.15, -0.1) is 0 Å². The smallest absolute Gasteiger partial charge is 0.239 e. The van der Waals surface area contributed by atoms with Gasteiger partial charge in [0.1, 0.15) is 0 Å². The molecule has 1 amide bonds. The van der Waals surface area contributed by atoms with Crippen molar-refractivity contribution in [1.82, 2.24) is 10.2 Å². The molecule has 0 aromatic rings. The van der Waals surface area contributed by atoms with Gasteiger partial charge in [0.15, 0.2) is 0 Å². The lowest BCUT2D eigenvalue weighted by Gasteiger charge is -2.29. The van der Waals surface area contributed by atoms with Gasteiger partial charge in [-0.05, 0) is 44.4 Å². The lowest BCUT2D eigenvalue weighted by atomic mass is 9.85. The summed E-state index contributed by atoms with van der Waals surface area (Å²) in [6, 6.07) is 0.647. The van der Waals surface area contributed by atoms with Crippen LogP contribution in [0.15, 0.2) is 0 Å². The molecule has 0 aromatic heterocycles. The van der Waals surface area contributed by atoms with Gasteiger partial charge in [0.25, 0.3) is 0 Å². The van der Waals surface area contributed by atoms with Crippen molar-refractivity contribution >= 4 is 5.91 Å². The third kappa shape index (κ3) is 3.17. The van der Waals surface area contributed by atoms with Crippen LogP contribution in [0.1, 0.15) is 51.4 Å². The fourth-order valence-corrected chi connectivity index (χ4v) is 4.12. The molecule has 0 spiro atoms. The van der Waals surface area contributed by atoms with Gasteiger partial charge in [-0.2, -0.15) is 0 Å². The van der Waals surface area contributed by atoms with E-state index in [0.717, 1.165) is 31.9 Å². The second-order valence-corrected chi connectivity index (χ2v) is 6.81. The number of nitrogens with zero attached hydrogens (tertiary/aromatic N) is 1. The van der Waals surface area contributed by atoms with Gasteiger partial charge in [-0.3, -0.25) is 4.79 Å². The Morgan fingerprint density at radius 3 is 2.75 bits per heavy atom. The number of rotatable bonds is 3. The minimum absolute atomic E-state index is 0.0525. The molecule has 1 N–H and O–H groups in total. The molecule has 2 heterocycles. The SMILES string of the molecule is CN(CC1CCCCO1)C(=O)C1CC2CCCCC2N1. The largest absolute Gasteiger partial charge is 0.376 e. The maximum absolute atomic E-state index is 12.6. The highest BCUT2D eigenvalue weighted by Gasteiger charge is 2.39. The molecule has 1 aliphatic carbocycles. The van der Waals surface area contributed by atoms with Gasteiger partial charge in [0.05, 0.1) is 12.1 Å². The molecule has 3 aliphatic rings. The Morgan fingerprint density at radius 1 is 1.20 bits per heavy atom. The number of ether oxygens (including phenoxy) is 1. The van der Waals surface area contributed by atoms with Gasteiger partial charge >= 0.3 is 0 Å². The summed E-state index contributed by atoms with van der Waals surface area (Å²) in [6.07, 6.45) is 10.0. The standard InChI is InChI=1S/C16H28N2O2/c1-18(11-13-7-4-5-9-20-13)16(19)15-10-12-6-2-3-8-14(12)17-15/h12-15,17H,2-11H2,1H3. The molecule has 2 saturated heterocycles. The van der Waals surface area contributed by atoms with Crippen LogP contribution < -0.4 is 5.32 Å². The van der Waals surface area contributed by atoms with Crippen LogP contribution in [0, 0.1) is 5.92 Å². The van der Waals surface area contributed by atoms with Crippen LogP contribution in [-0.2, 0) is 9.53 Å². The number of carbonyl (C=O) groups is 1. The molecule has 0 radical (unpaired) electrons. The molecule has 4 nitrogen and oxygen atoms in total. The highest BCUT2D eigenvalue weighted by molar-refractivity contribution is 5.82. The summed E-state index contributed by atoms with van der Waals surface area (Å²) < 4.78 is 5.74. The Bertz CT molecular complexity index is 327. The van der Waals surface area contributed by atoms with Crippen molar-refractivity contribution in [2.24, 2.45) is 5.92 Å². The monoisotopic (exact) mass is 280 g/mol. The van der Waals surface area contributed by atoms with Gasteiger partial charge < -0.3 is 15.0 Å². The Balaban J connectivity index is 1.50. The van der Waals surface area contributed by atoms with E-state index < -0.39 is 0 Å². The molecule has 114 valence electrons. The average molecular weight is 280 g/mol. The Morgan fingerprint density at radius 2 is 2.00 bits per heavy atom. The van der Waals surface area contributed by atoms with Gasteiger partial charge in [-0.25, -0.2) is 0 Å². The molecule has 1 saturated carbocycles. The van der Waals surface area contributed by atoms with E-state index in [9.17, 15) is 4.79 Å². The molecule has 4 unspecified atom stereocenters. The predicted molar refractivity (Wildman–Crippen MR) is 78.5 cm³/mol. The van der Waals surface area contributed by atoms with Gasteiger partial charge in [0, 0.05) is 26.2 Å². The highest BCUT2D eigenvalue weighted by atomic mass is 16.5. The normalized spacial score (nSPS) is 37.5. The topological polar surface area (TPSA) is 41.6 Å². The molecule has 3 fully saturated rings. The molecule has 0 bridgehead atoms. The molecular weight excluding hydrogens is 252 g/mol. The quantitative estimate of drug-likeness (QED) is 0.859. The van der Waals surface area contributed by atoms with Crippen LogP contribution in [-0.4, -0.2) is 49.2 Å². The summed E-state index contributed by atoms with van der Waals surface area (Å²) in [7, 11) is 1.93. The van der Waals surface area contributed by atoms with Crippen LogP contribution >= 0.6 is 0 Å². The van der Waals surface area contributed by atoms with Crippen molar-refractivity contribution in [2.45, 2.75) is 69.6 Å². The maximum Gasteiger partial charge on any atom is 0.239 e. The van der Waals surface area contributed by atoms with Crippen molar-refractivity contribution in [2.75, 3.05) is 20.2 Å². The van der Waals surface area contributed by atoms with Crippen molar-refractivity contribution in [1.29, 1.82) is 0 Å². The van der Waals surface area contributed by atoms with E-state index in [-0.39, 0.29) is 18.1 Å². The lowest BCUT2D eigenvalue weighted by Crippen LogP contribution is -2.46. The van der Waals surface area contributed by atoms with E-state index >= 15 is 0 Å². The third-order valence-corrected chi connectivity index (χ3v) is 5.29. The van der Waals surface area contributed by atoms with Crippen molar-refractivity contribution < 1.29 is 9.53 Å². The minimum Gasteiger partial charge on any atom is -0.376 e. The number of nitrogens with one attached hydrogen (secondary N) is 1. The molecule has 2 aliphatic heterocycles. The Hall–Kier alpha value is -0.610. The van der Waals surface area contributed by atoms with Crippen LogP contribution in [0.5, 0.6) is 0 Å². The lowest BCUT2D eigenvalue weighted by molar-refractivity contribution is -0.134. The van der Waals surface area contributed by atoms with E-state index in [4.69, 9.17) is 4.74 Å². The van der Waals surface area contributed by atoms with E-state index in [2.05, 4.69) is 5.32 Å². The van der Waals surface area contributed by atoms with Crippen LogP contribution in [0.2, 0.25) is 0 Å². The number of fused-ring (bicyclic) bond motifs is 1. The summed E-state index contributed by atoms with van der Waals surface area (Å²) in [5, 5.41) is 3.58. The zero-order chi connectivity index (χ0) is 13.9. The number of hydrogen-bond donors (Lipinski definition) is 1. The second-order valence-electron chi connectivity index (χ2n) is 6.81. The second kappa shape index (κ2) is 6.44. The zero-order valence-corrected chi connectivity index (χ0v) is 12.6. The first-order chi connectivity index (χ1) is 9.74. The van der Waals surface area contributed by atoms with Crippen LogP contribution in [0.4, 0.5) is 0 Å².